The van der Waals surface area contributed by atoms with Gasteiger partial charge in [0.05, 0.1) is 32.5 Å². The van der Waals surface area contributed by atoms with Crippen LogP contribution in [0.5, 0.6) is 0 Å². The minimum absolute atomic E-state index is 0.751. The molecule has 0 aromatic carbocycles. The first-order valence-corrected chi connectivity index (χ1v) is 19.4. The van der Waals surface area contributed by atoms with Crippen molar-refractivity contribution < 1.29 is 124 Å². The third-order valence-corrected chi connectivity index (χ3v) is 11.1. The number of hydrogen-bond acceptors (Lipinski definition) is 25. The summed E-state index contributed by atoms with van der Waals surface area (Å²) >= 11 is 0. The van der Waals surface area contributed by atoms with Crippen LogP contribution in [0.25, 0.3) is 0 Å². The van der Waals surface area contributed by atoms with Crippen LogP contribution in [-0.4, -0.2) is 263 Å². The Morgan fingerprint density at radius 1 is 0.459 bits per heavy atom. The average Bonchev–Trinajstić information content (AvgIpc) is 3.21. The van der Waals surface area contributed by atoms with Crippen LogP contribution in [-0.2, 0) is 52.2 Å². The summed E-state index contributed by atoms with van der Waals surface area (Å²) in [5.74, 6) is -1.55. The van der Waals surface area contributed by atoms with E-state index in [-0.39, 0.29) is 0 Å². The first-order chi connectivity index (χ1) is 28.7. The molecule has 0 aliphatic carbocycles. The van der Waals surface area contributed by atoms with Crippen LogP contribution in [0.15, 0.2) is 0 Å². The Balaban J connectivity index is 1.44. The van der Waals surface area contributed by atoms with Crippen molar-refractivity contribution in [2.75, 3.05) is 26.4 Å². The van der Waals surface area contributed by atoms with Crippen molar-refractivity contribution in [1.29, 1.82) is 0 Å². The predicted octanol–water partition coefficient (Wildman–Crippen LogP) is -10.6. The third-order valence-electron chi connectivity index (χ3n) is 11.1. The van der Waals surface area contributed by atoms with E-state index in [0.717, 1.165) is 13.8 Å². The molecular weight excluding hydrogens is 836 g/mol. The zero-order valence-corrected chi connectivity index (χ0v) is 33.0. The molecule has 5 rings (SSSR count). The normalized spacial score (nSPS) is 49.6. The molecule has 16 N–H and O–H groups in total. The maximum absolute atomic E-state index is 12.6. The number of amides is 2. The van der Waals surface area contributed by atoms with Crippen molar-refractivity contribution in [1.82, 2.24) is 10.6 Å². The summed E-state index contributed by atoms with van der Waals surface area (Å²) in [4.78, 5) is 24.7. The molecule has 0 saturated carbocycles. The highest BCUT2D eigenvalue weighted by molar-refractivity contribution is 5.73. The number of ether oxygens (including phenoxy) is 9. The molecule has 5 saturated heterocycles. The van der Waals surface area contributed by atoms with Gasteiger partial charge < -0.3 is 125 Å². The van der Waals surface area contributed by atoms with E-state index in [9.17, 15) is 81.1 Å². The minimum atomic E-state index is -2.00. The first-order valence-electron chi connectivity index (χ1n) is 19.4. The van der Waals surface area contributed by atoms with Crippen molar-refractivity contribution in [3.05, 3.63) is 0 Å². The molecular formula is C34H58N2O25. The number of aliphatic hydroxyl groups is 14. The lowest BCUT2D eigenvalue weighted by molar-refractivity contribution is -0.374. The average molecular weight is 895 g/mol. The zero-order valence-electron chi connectivity index (χ0n) is 33.0. The second-order valence-corrected chi connectivity index (χ2v) is 15.4. The Kier molecular flexibility index (Phi) is 17.5. The van der Waals surface area contributed by atoms with E-state index in [1.165, 1.54) is 6.92 Å². The molecule has 1 unspecified atom stereocenters. The van der Waals surface area contributed by atoms with Crippen molar-refractivity contribution >= 4 is 11.8 Å². The highest BCUT2D eigenvalue weighted by Gasteiger charge is 2.56. The molecule has 5 aliphatic rings. The number of hydrogen-bond donors (Lipinski definition) is 16. The molecule has 5 fully saturated rings. The molecule has 0 aromatic heterocycles. The van der Waals surface area contributed by atoms with Gasteiger partial charge in [-0.1, -0.05) is 0 Å². The highest BCUT2D eigenvalue weighted by Crippen LogP contribution is 2.34. The Morgan fingerprint density at radius 2 is 0.918 bits per heavy atom. The molecule has 5 heterocycles. The number of carbonyl (C=O) groups excluding carboxylic acids is 2. The van der Waals surface area contributed by atoms with E-state index in [2.05, 4.69) is 10.6 Å². The van der Waals surface area contributed by atoms with Crippen LogP contribution >= 0.6 is 0 Å². The Morgan fingerprint density at radius 3 is 1.49 bits per heavy atom. The van der Waals surface area contributed by atoms with Crippen molar-refractivity contribution in [3.63, 3.8) is 0 Å². The van der Waals surface area contributed by atoms with E-state index in [4.69, 9.17) is 42.6 Å². The molecule has 0 spiro atoms. The van der Waals surface area contributed by atoms with E-state index in [1.54, 1.807) is 0 Å². The topological polar surface area (TPSA) is 424 Å². The van der Waals surface area contributed by atoms with Crippen LogP contribution in [0.4, 0.5) is 0 Å². The molecule has 0 aromatic rings. The van der Waals surface area contributed by atoms with Gasteiger partial charge in [-0.25, -0.2) is 0 Å². The lowest BCUT2D eigenvalue weighted by atomic mass is 9.94. The molecule has 61 heavy (non-hydrogen) atoms. The Hall–Kier alpha value is -1.98. The zero-order chi connectivity index (χ0) is 45.2. The molecule has 354 valence electrons. The number of nitrogens with one attached hydrogen (secondary N) is 2. The fourth-order valence-electron chi connectivity index (χ4n) is 7.66. The SMILES string of the molecule is CC(=O)N[C@H]1[C@H](O[C@@H]2[C@H](O)[C@@H](NC(C)=O)C(O)O[C@@H]2CO[C@@H]2O[C@H](CO)[C@H](O)[C@H](O)[C@H]2O[C@@H]2O[C@@H](C)[C@@H](O)[C@@H](O)[C@@H]2O)O[C@H](CO)[C@@H](O)[C@@H]1O[C@@H]1O[C@H](CO)[C@H](O)[C@H](O)[C@H]1O. The van der Waals surface area contributed by atoms with Gasteiger partial charge in [0, 0.05) is 13.8 Å². The first kappa shape index (κ1) is 50.0. The summed E-state index contributed by atoms with van der Waals surface area (Å²) in [6.45, 7) is -0.0457. The van der Waals surface area contributed by atoms with Crippen LogP contribution < -0.4 is 10.6 Å². The van der Waals surface area contributed by atoms with E-state index < -0.39 is 192 Å². The van der Waals surface area contributed by atoms with Crippen molar-refractivity contribution in [3.8, 4) is 0 Å². The van der Waals surface area contributed by atoms with E-state index in [0.29, 0.717) is 0 Å². The van der Waals surface area contributed by atoms with Gasteiger partial charge in [-0.2, -0.15) is 0 Å². The fraction of sp³-hybridized carbons (Fsp3) is 0.941. The smallest absolute Gasteiger partial charge is 0.217 e. The summed E-state index contributed by atoms with van der Waals surface area (Å²) in [6.07, 6.45) is -40.6. The summed E-state index contributed by atoms with van der Waals surface area (Å²) in [5, 5.41) is 152. The Bertz CT molecular complexity index is 1420. The number of carbonyl (C=O) groups is 2. The maximum atomic E-state index is 12.6. The second-order valence-electron chi connectivity index (χ2n) is 15.4. The van der Waals surface area contributed by atoms with Gasteiger partial charge >= 0.3 is 0 Å². The van der Waals surface area contributed by atoms with Gasteiger partial charge in [0.25, 0.3) is 0 Å². The maximum Gasteiger partial charge on any atom is 0.217 e. The van der Waals surface area contributed by atoms with Crippen molar-refractivity contribution in [2.45, 2.75) is 174 Å². The monoisotopic (exact) mass is 894 g/mol. The van der Waals surface area contributed by atoms with Gasteiger partial charge in [0.2, 0.25) is 11.8 Å². The quantitative estimate of drug-likeness (QED) is 0.0770. The Labute approximate surface area is 346 Å². The second kappa shape index (κ2) is 21.3. The largest absolute Gasteiger partial charge is 0.394 e. The fourth-order valence-corrected chi connectivity index (χ4v) is 7.66. The lowest BCUT2D eigenvalue weighted by Gasteiger charge is -2.50. The molecule has 27 heteroatoms. The van der Waals surface area contributed by atoms with Gasteiger partial charge in [0.15, 0.2) is 31.5 Å². The van der Waals surface area contributed by atoms with Crippen LogP contribution in [0, 0.1) is 0 Å². The van der Waals surface area contributed by atoms with Gasteiger partial charge in [0.1, 0.15) is 116 Å². The van der Waals surface area contributed by atoms with E-state index >= 15 is 0 Å². The van der Waals surface area contributed by atoms with Crippen LogP contribution in [0.3, 0.4) is 0 Å². The predicted molar refractivity (Wildman–Crippen MR) is 188 cm³/mol. The van der Waals surface area contributed by atoms with Crippen LogP contribution in [0.2, 0.25) is 0 Å². The van der Waals surface area contributed by atoms with Crippen LogP contribution in [0.1, 0.15) is 20.8 Å². The molecule has 25 atom stereocenters. The van der Waals surface area contributed by atoms with Gasteiger partial charge in [-0.3, -0.25) is 9.59 Å². The summed E-state index contributed by atoms with van der Waals surface area (Å²) < 4.78 is 51.6. The highest BCUT2D eigenvalue weighted by atomic mass is 16.8. The van der Waals surface area contributed by atoms with Gasteiger partial charge in [-0.05, 0) is 6.92 Å². The molecule has 0 bridgehead atoms. The number of rotatable bonds is 14. The third kappa shape index (κ3) is 10.9. The summed E-state index contributed by atoms with van der Waals surface area (Å²) in [6, 6.07) is -3.30. The molecule has 5 aliphatic heterocycles. The van der Waals surface area contributed by atoms with E-state index in [1.807, 2.05) is 0 Å². The molecule has 27 nitrogen and oxygen atoms in total. The van der Waals surface area contributed by atoms with Crippen molar-refractivity contribution in [2.24, 2.45) is 0 Å². The lowest BCUT2D eigenvalue weighted by Crippen LogP contribution is -2.70. The summed E-state index contributed by atoms with van der Waals surface area (Å²) in [5.41, 5.74) is 0. The molecule has 0 radical (unpaired) electrons. The van der Waals surface area contributed by atoms with Gasteiger partial charge in [-0.15, -0.1) is 0 Å². The minimum Gasteiger partial charge on any atom is -0.394 e. The number of aliphatic hydroxyl groups excluding tert-OH is 14. The summed E-state index contributed by atoms with van der Waals surface area (Å²) in [7, 11) is 0. The molecule has 2 amide bonds. The standard InChI is InChI=1S/C34H58N2O25/c1-8-17(42)22(47)25(50)32(54-8)61-29-24(49)19(44)12(5-38)58-34(29)53-7-14-27(21(46)15(30(52)55-14)35-9(2)40)59-31-16(36-10(3)41)28(20(45)13(6-39)56-31)60-33-26(51)23(48)18(43)11(4-37)57-33/h8,11-34,37-39,42-52H,4-7H2,1-3H3,(H,35,40)(H,36,41)/t8-,11+,12+,13+,14+,15+,16+,17+,18-,19-,20+,21+,22+,23-,24-,25-,26+,27-,28+,29+,30?,31-,32-,33-,34+/m0/s1.